The summed E-state index contributed by atoms with van der Waals surface area (Å²) in [6.07, 6.45) is 3.39. The zero-order chi connectivity index (χ0) is 17.1. The van der Waals surface area contributed by atoms with Crippen molar-refractivity contribution in [2.45, 2.75) is 19.9 Å². The number of hydrogen-bond donors (Lipinski definition) is 1. The zero-order valence-electron chi connectivity index (χ0n) is 13.3. The summed E-state index contributed by atoms with van der Waals surface area (Å²) in [4.78, 5) is 21.5. The fourth-order valence-electron chi connectivity index (χ4n) is 2.32. The van der Waals surface area contributed by atoms with Crippen molar-refractivity contribution < 1.29 is 9.18 Å². The number of rotatable bonds is 4. The van der Waals surface area contributed by atoms with Crippen molar-refractivity contribution in [2.75, 3.05) is 0 Å². The fraction of sp³-hybridized carbons (Fsp3) is 0.167. The quantitative estimate of drug-likeness (QED) is 0.776. The lowest BCUT2D eigenvalue weighted by Gasteiger charge is -2.13. The molecule has 4 nitrogen and oxygen atoms in total. The summed E-state index contributed by atoms with van der Waals surface area (Å²) in [5.41, 5.74) is 2.45. The van der Waals surface area contributed by atoms with Crippen molar-refractivity contribution in [3.05, 3.63) is 70.7 Å². The average Bonchev–Trinajstić information content (AvgIpc) is 2.98. The van der Waals surface area contributed by atoms with Crippen molar-refractivity contribution in [1.82, 2.24) is 15.3 Å². The van der Waals surface area contributed by atoms with Crippen LogP contribution in [0.3, 0.4) is 0 Å². The highest BCUT2D eigenvalue weighted by atomic mass is 32.1. The molecule has 0 saturated carbocycles. The van der Waals surface area contributed by atoms with Crippen LogP contribution in [0.5, 0.6) is 0 Å². The topological polar surface area (TPSA) is 54.9 Å². The number of carbonyl (C=O) groups is 1. The highest BCUT2D eigenvalue weighted by molar-refractivity contribution is 7.17. The molecule has 1 aromatic carbocycles. The summed E-state index contributed by atoms with van der Waals surface area (Å²) in [7, 11) is 0. The Morgan fingerprint density at radius 1 is 1.17 bits per heavy atom. The molecule has 24 heavy (non-hydrogen) atoms. The van der Waals surface area contributed by atoms with Crippen molar-refractivity contribution in [2.24, 2.45) is 0 Å². The van der Waals surface area contributed by atoms with E-state index in [0.29, 0.717) is 15.6 Å². The van der Waals surface area contributed by atoms with Crippen LogP contribution in [0.2, 0.25) is 0 Å². The Bertz CT molecular complexity index is 846. The van der Waals surface area contributed by atoms with Gasteiger partial charge < -0.3 is 5.32 Å². The van der Waals surface area contributed by atoms with Gasteiger partial charge in [-0.1, -0.05) is 0 Å². The molecule has 2 heterocycles. The minimum absolute atomic E-state index is 0.128. The van der Waals surface area contributed by atoms with Gasteiger partial charge in [-0.3, -0.25) is 9.78 Å². The SMILES string of the molecule is Cc1nc(-c2ccc(F)cc2)sc1C(=O)NC(C)c1ccncc1. The molecular formula is C18H16FN3OS. The molecule has 0 radical (unpaired) electrons. The predicted octanol–water partition coefficient (Wildman–Crippen LogP) is 4.14. The van der Waals surface area contributed by atoms with Crippen LogP contribution in [0.4, 0.5) is 4.39 Å². The summed E-state index contributed by atoms with van der Waals surface area (Å²) in [5.74, 6) is -0.459. The minimum Gasteiger partial charge on any atom is -0.345 e. The fourth-order valence-corrected chi connectivity index (χ4v) is 3.30. The van der Waals surface area contributed by atoms with Crippen LogP contribution in [0.15, 0.2) is 48.8 Å². The van der Waals surface area contributed by atoms with E-state index in [1.807, 2.05) is 19.1 Å². The normalized spacial score (nSPS) is 12.0. The summed E-state index contributed by atoms with van der Waals surface area (Å²) < 4.78 is 13.0. The molecule has 0 spiro atoms. The molecule has 0 saturated heterocycles. The Labute approximate surface area is 143 Å². The van der Waals surface area contributed by atoms with E-state index < -0.39 is 0 Å². The second kappa shape index (κ2) is 6.88. The summed E-state index contributed by atoms with van der Waals surface area (Å²) in [6, 6.07) is 9.71. The van der Waals surface area contributed by atoms with Gasteiger partial charge in [0.2, 0.25) is 0 Å². The maximum atomic E-state index is 13.0. The Morgan fingerprint density at radius 2 is 1.83 bits per heavy atom. The van der Waals surface area contributed by atoms with Crippen LogP contribution in [0.25, 0.3) is 10.6 Å². The first-order chi connectivity index (χ1) is 11.5. The number of nitrogens with one attached hydrogen (secondary N) is 1. The van der Waals surface area contributed by atoms with E-state index in [1.54, 1.807) is 31.5 Å². The molecule has 0 aliphatic rings. The first kappa shape index (κ1) is 16.3. The van der Waals surface area contributed by atoms with Gasteiger partial charge in [0, 0.05) is 18.0 Å². The monoisotopic (exact) mass is 341 g/mol. The van der Waals surface area contributed by atoms with Gasteiger partial charge in [0.15, 0.2) is 0 Å². The Balaban J connectivity index is 1.79. The van der Waals surface area contributed by atoms with Crippen LogP contribution in [0, 0.1) is 12.7 Å². The van der Waals surface area contributed by atoms with E-state index in [1.165, 1.54) is 23.5 Å². The molecule has 0 aliphatic carbocycles. The second-order valence-corrected chi connectivity index (χ2v) is 6.42. The summed E-state index contributed by atoms with van der Waals surface area (Å²) in [5, 5.41) is 3.67. The smallest absolute Gasteiger partial charge is 0.263 e. The number of benzene rings is 1. The van der Waals surface area contributed by atoms with Gasteiger partial charge in [0.25, 0.3) is 5.91 Å². The molecule has 6 heteroatoms. The highest BCUT2D eigenvalue weighted by Gasteiger charge is 2.18. The number of aromatic nitrogens is 2. The maximum absolute atomic E-state index is 13.0. The van der Waals surface area contributed by atoms with Crippen molar-refractivity contribution >= 4 is 17.2 Å². The molecule has 2 aromatic heterocycles. The molecule has 0 aliphatic heterocycles. The van der Waals surface area contributed by atoms with E-state index in [0.717, 1.165) is 11.1 Å². The first-order valence-electron chi connectivity index (χ1n) is 7.49. The van der Waals surface area contributed by atoms with Gasteiger partial charge in [-0.2, -0.15) is 0 Å². The summed E-state index contributed by atoms with van der Waals surface area (Å²) >= 11 is 1.31. The van der Waals surface area contributed by atoms with Gasteiger partial charge in [-0.15, -0.1) is 11.3 Å². The lowest BCUT2D eigenvalue weighted by Crippen LogP contribution is -2.26. The number of thiazole rings is 1. The minimum atomic E-state index is -0.295. The molecule has 1 N–H and O–H groups in total. The number of amides is 1. The lowest BCUT2D eigenvalue weighted by molar-refractivity contribution is 0.0943. The van der Waals surface area contributed by atoms with Crippen molar-refractivity contribution in [3.63, 3.8) is 0 Å². The van der Waals surface area contributed by atoms with Gasteiger partial charge in [0.1, 0.15) is 15.7 Å². The van der Waals surface area contributed by atoms with Crippen LogP contribution in [0.1, 0.15) is 33.9 Å². The van der Waals surface area contributed by atoms with Gasteiger partial charge in [0.05, 0.1) is 11.7 Å². The molecule has 1 unspecified atom stereocenters. The molecule has 1 atom stereocenters. The van der Waals surface area contributed by atoms with Gasteiger partial charge in [-0.25, -0.2) is 9.37 Å². The van der Waals surface area contributed by atoms with E-state index in [9.17, 15) is 9.18 Å². The third-order valence-electron chi connectivity index (χ3n) is 3.65. The third kappa shape index (κ3) is 3.49. The number of hydrogen-bond acceptors (Lipinski definition) is 4. The standard InChI is InChI=1S/C18H16FN3OS/c1-11(13-7-9-20-10-8-13)21-17(23)16-12(2)22-18(24-16)14-3-5-15(19)6-4-14/h3-11H,1-2H3,(H,21,23). The maximum Gasteiger partial charge on any atom is 0.263 e. The number of carbonyl (C=O) groups excluding carboxylic acids is 1. The molecule has 1 amide bonds. The van der Waals surface area contributed by atoms with Crippen LogP contribution >= 0.6 is 11.3 Å². The Kier molecular flexibility index (Phi) is 4.66. The predicted molar refractivity (Wildman–Crippen MR) is 92.4 cm³/mol. The van der Waals surface area contributed by atoms with E-state index in [2.05, 4.69) is 15.3 Å². The number of aryl methyl sites for hydroxylation is 1. The lowest BCUT2D eigenvalue weighted by atomic mass is 10.1. The van der Waals surface area contributed by atoms with Gasteiger partial charge in [-0.05, 0) is 55.8 Å². The van der Waals surface area contributed by atoms with Crippen LogP contribution < -0.4 is 5.32 Å². The Morgan fingerprint density at radius 3 is 2.50 bits per heavy atom. The number of pyridine rings is 1. The first-order valence-corrected chi connectivity index (χ1v) is 8.30. The van der Waals surface area contributed by atoms with Crippen LogP contribution in [-0.4, -0.2) is 15.9 Å². The molecule has 0 bridgehead atoms. The molecule has 3 aromatic rings. The molecule has 122 valence electrons. The van der Waals surface area contributed by atoms with Gasteiger partial charge >= 0.3 is 0 Å². The van der Waals surface area contributed by atoms with E-state index >= 15 is 0 Å². The summed E-state index contributed by atoms with van der Waals surface area (Å²) in [6.45, 7) is 3.72. The second-order valence-electron chi connectivity index (χ2n) is 5.42. The number of halogens is 1. The largest absolute Gasteiger partial charge is 0.345 e. The molecular weight excluding hydrogens is 325 g/mol. The Hall–Kier alpha value is -2.60. The van der Waals surface area contributed by atoms with E-state index in [-0.39, 0.29) is 17.8 Å². The van der Waals surface area contributed by atoms with E-state index in [4.69, 9.17) is 0 Å². The third-order valence-corrected chi connectivity index (χ3v) is 4.85. The zero-order valence-corrected chi connectivity index (χ0v) is 14.1. The van der Waals surface area contributed by atoms with Crippen LogP contribution in [-0.2, 0) is 0 Å². The van der Waals surface area contributed by atoms with Crippen molar-refractivity contribution in [3.8, 4) is 10.6 Å². The highest BCUT2D eigenvalue weighted by Crippen LogP contribution is 2.28. The van der Waals surface area contributed by atoms with Crippen molar-refractivity contribution in [1.29, 1.82) is 0 Å². The molecule has 0 fully saturated rings. The number of nitrogens with zero attached hydrogens (tertiary/aromatic N) is 2. The average molecular weight is 341 g/mol. The molecule has 3 rings (SSSR count).